The van der Waals surface area contributed by atoms with E-state index in [1.165, 1.54) is 0 Å². The van der Waals surface area contributed by atoms with Gasteiger partial charge in [-0.2, -0.15) is 0 Å². The van der Waals surface area contributed by atoms with Crippen molar-refractivity contribution in [3.63, 3.8) is 0 Å². The Kier molecular flexibility index (Phi) is 1.78. The topological polar surface area (TPSA) is 69.0 Å². The summed E-state index contributed by atoms with van der Waals surface area (Å²) in [6.07, 6.45) is 6.24. The zero-order valence-corrected chi connectivity index (χ0v) is 11.2. The first-order valence-electron chi connectivity index (χ1n) is 7.11. The molecule has 3 heterocycles. The third-order valence-corrected chi connectivity index (χ3v) is 5.07. The monoisotopic (exact) mass is 279 g/mol. The molecule has 21 heavy (non-hydrogen) atoms. The molecule has 0 aromatic carbocycles. The maximum Gasteiger partial charge on any atom is 0.274 e. The molecule has 2 atom stereocenters. The van der Waals surface area contributed by atoms with Crippen LogP contribution < -0.4 is 0 Å². The number of aromatic amines is 2. The molecule has 5 rings (SSSR count). The number of carbonyl (C=O) groups is 2. The lowest BCUT2D eigenvalue weighted by molar-refractivity contribution is 0.0806. The van der Waals surface area contributed by atoms with Crippen molar-refractivity contribution in [2.75, 3.05) is 6.54 Å². The lowest BCUT2D eigenvalue weighted by Gasteiger charge is -2.27. The molecule has 2 N–H and O–H groups in total. The summed E-state index contributed by atoms with van der Waals surface area (Å²) in [4.78, 5) is 32.6. The highest BCUT2D eigenvalue weighted by Crippen LogP contribution is 2.66. The third-order valence-electron chi connectivity index (χ3n) is 5.07. The molecule has 0 bridgehead atoms. The van der Waals surface area contributed by atoms with E-state index in [2.05, 4.69) is 9.97 Å². The van der Waals surface area contributed by atoms with Gasteiger partial charge < -0.3 is 14.9 Å². The molecular formula is C16H13N3O2. The van der Waals surface area contributed by atoms with Gasteiger partial charge in [-0.15, -0.1) is 0 Å². The number of fused-ring (bicyclic) bond motifs is 1. The van der Waals surface area contributed by atoms with E-state index < -0.39 is 0 Å². The second kappa shape index (κ2) is 3.36. The van der Waals surface area contributed by atoms with Crippen LogP contribution in [0.2, 0.25) is 0 Å². The standard InChI is InChI=1S/C16H13N3O2/c20-12-6-13-16(10-3-5-18-14(10)12)7-9(16)8-19(13)15(21)11-2-1-4-17-11/h1-6,9,17-18H,7-8H2/t9-,16-/m1/s1. The Bertz CT molecular complexity index is 814. The van der Waals surface area contributed by atoms with E-state index in [1.807, 2.05) is 18.3 Å². The summed E-state index contributed by atoms with van der Waals surface area (Å²) in [7, 11) is 0. The number of likely N-dealkylation sites (tertiary alicyclic amines) is 1. The van der Waals surface area contributed by atoms with Crippen LogP contribution in [0.15, 0.2) is 42.4 Å². The number of piperidine rings is 1. The van der Waals surface area contributed by atoms with E-state index in [-0.39, 0.29) is 17.1 Å². The number of rotatable bonds is 1. The van der Waals surface area contributed by atoms with Crippen molar-refractivity contribution in [3.8, 4) is 0 Å². The third kappa shape index (κ3) is 1.18. The van der Waals surface area contributed by atoms with Gasteiger partial charge in [0, 0.05) is 36.1 Å². The van der Waals surface area contributed by atoms with Crippen LogP contribution in [-0.2, 0) is 5.41 Å². The molecule has 5 heteroatoms. The van der Waals surface area contributed by atoms with Crippen LogP contribution in [0.4, 0.5) is 0 Å². The van der Waals surface area contributed by atoms with Gasteiger partial charge in [-0.3, -0.25) is 9.59 Å². The maximum absolute atomic E-state index is 12.6. The highest BCUT2D eigenvalue weighted by Gasteiger charge is 2.67. The second-order valence-corrected chi connectivity index (χ2v) is 6.03. The number of ketones is 1. The van der Waals surface area contributed by atoms with Crippen molar-refractivity contribution < 1.29 is 9.59 Å². The SMILES string of the molecule is O=C1C=C2N(C(=O)c3ccc[nH]3)C[C@H]3C[C@@]23c2cc[nH]c21. The van der Waals surface area contributed by atoms with E-state index in [1.54, 1.807) is 23.2 Å². The lowest BCUT2D eigenvalue weighted by Crippen LogP contribution is -2.33. The fraction of sp³-hybridized carbons (Fsp3) is 0.250. The van der Waals surface area contributed by atoms with Crippen molar-refractivity contribution in [2.24, 2.45) is 5.92 Å². The number of aromatic nitrogens is 2. The van der Waals surface area contributed by atoms with Gasteiger partial charge in [-0.1, -0.05) is 0 Å². The van der Waals surface area contributed by atoms with Crippen LogP contribution in [0.3, 0.4) is 0 Å². The molecule has 1 saturated heterocycles. The van der Waals surface area contributed by atoms with E-state index >= 15 is 0 Å². The Balaban J connectivity index is 1.63. The Hall–Kier alpha value is -2.56. The molecule has 1 amide bonds. The van der Waals surface area contributed by atoms with E-state index in [0.29, 0.717) is 23.9 Å². The molecule has 1 spiro atoms. The number of carbonyl (C=O) groups excluding carboxylic acids is 2. The zero-order chi connectivity index (χ0) is 14.2. The number of H-pyrrole nitrogens is 2. The van der Waals surface area contributed by atoms with Gasteiger partial charge in [-0.25, -0.2) is 0 Å². The highest BCUT2D eigenvalue weighted by molar-refractivity contribution is 6.08. The Labute approximate surface area is 120 Å². The Morgan fingerprint density at radius 1 is 1.29 bits per heavy atom. The zero-order valence-electron chi connectivity index (χ0n) is 11.2. The second-order valence-electron chi connectivity index (χ2n) is 6.03. The number of allylic oxidation sites excluding steroid dienone is 2. The van der Waals surface area contributed by atoms with Gasteiger partial charge >= 0.3 is 0 Å². The molecule has 1 aliphatic heterocycles. The van der Waals surface area contributed by atoms with Gasteiger partial charge in [0.25, 0.3) is 5.91 Å². The fourth-order valence-corrected chi connectivity index (χ4v) is 4.04. The molecule has 2 aliphatic carbocycles. The first-order valence-corrected chi connectivity index (χ1v) is 7.11. The minimum atomic E-state index is -0.106. The first-order chi connectivity index (χ1) is 10.2. The van der Waals surface area contributed by atoms with Crippen LogP contribution in [0.1, 0.15) is 33.0 Å². The van der Waals surface area contributed by atoms with Crippen molar-refractivity contribution in [2.45, 2.75) is 11.8 Å². The van der Waals surface area contributed by atoms with E-state index in [0.717, 1.165) is 17.7 Å². The molecular weight excluding hydrogens is 266 g/mol. The average Bonchev–Trinajstić information content (AvgIpc) is 2.97. The largest absolute Gasteiger partial charge is 0.358 e. The quantitative estimate of drug-likeness (QED) is 0.836. The molecule has 5 nitrogen and oxygen atoms in total. The Morgan fingerprint density at radius 2 is 2.19 bits per heavy atom. The number of nitrogens with zero attached hydrogens (tertiary/aromatic N) is 1. The number of hydrogen-bond acceptors (Lipinski definition) is 2. The fourth-order valence-electron chi connectivity index (χ4n) is 4.04. The van der Waals surface area contributed by atoms with Gasteiger partial charge in [0.2, 0.25) is 5.78 Å². The molecule has 3 aliphatic rings. The molecule has 0 unspecified atom stereocenters. The van der Waals surface area contributed by atoms with Gasteiger partial charge in [0.05, 0.1) is 5.69 Å². The summed E-state index contributed by atoms with van der Waals surface area (Å²) >= 11 is 0. The molecule has 2 fully saturated rings. The maximum atomic E-state index is 12.6. The molecule has 1 saturated carbocycles. The summed E-state index contributed by atoms with van der Waals surface area (Å²) < 4.78 is 0. The van der Waals surface area contributed by atoms with Gasteiger partial charge in [0.1, 0.15) is 5.69 Å². The summed E-state index contributed by atoms with van der Waals surface area (Å²) in [6, 6.07) is 5.57. The summed E-state index contributed by atoms with van der Waals surface area (Å²) in [5.41, 5.74) is 3.10. The predicted molar refractivity (Wildman–Crippen MR) is 74.8 cm³/mol. The smallest absolute Gasteiger partial charge is 0.274 e. The van der Waals surface area contributed by atoms with Gasteiger partial charge in [0.15, 0.2) is 0 Å². The van der Waals surface area contributed by atoms with Crippen molar-refractivity contribution in [1.82, 2.24) is 14.9 Å². The number of nitrogens with one attached hydrogen (secondary N) is 2. The molecule has 0 radical (unpaired) electrons. The average molecular weight is 279 g/mol. The van der Waals surface area contributed by atoms with Crippen molar-refractivity contribution >= 4 is 11.7 Å². The van der Waals surface area contributed by atoms with Crippen LogP contribution in [-0.4, -0.2) is 33.1 Å². The number of amides is 1. The number of hydrogen-bond donors (Lipinski definition) is 2. The van der Waals surface area contributed by atoms with Crippen LogP contribution in [0.25, 0.3) is 0 Å². The van der Waals surface area contributed by atoms with Crippen LogP contribution >= 0.6 is 0 Å². The summed E-state index contributed by atoms with van der Waals surface area (Å²) in [5, 5.41) is 0. The normalized spacial score (nSPS) is 28.8. The minimum absolute atomic E-state index is 0.0348. The van der Waals surface area contributed by atoms with E-state index in [4.69, 9.17) is 0 Å². The van der Waals surface area contributed by atoms with Crippen LogP contribution in [0, 0.1) is 5.92 Å². The highest BCUT2D eigenvalue weighted by atomic mass is 16.2. The van der Waals surface area contributed by atoms with Crippen LogP contribution in [0.5, 0.6) is 0 Å². The molecule has 104 valence electrons. The Morgan fingerprint density at radius 3 is 3.00 bits per heavy atom. The molecule has 2 aromatic heterocycles. The van der Waals surface area contributed by atoms with E-state index in [9.17, 15) is 9.59 Å². The lowest BCUT2D eigenvalue weighted by atomic mass is 9.85. The van der Waals surface area contributed by atoms with Gasteiger partial charge in [-0.05, 0) is 36.1 Å². The minimum Gasteiger partial charge on any atom is -0.358 e. The summed E-state index contributed by atoms with van der Waals surface area (Å²) in [5.74, 6) is 0.349. The first kappa shape index (κ1) is 11.1. The van der Waals surface area contributed by atoms with Crippen molar-refractivity contribution in [3.05, 3.63) is 59.3 Å². The van der Waals surface area contributed by atoms with Crippen molar-refractivity contribution in [1.29, 1.82) is 0 Å². The predicted octanol–water partition coefficient (Wildman–Crippen LogP) is 1.84. The molecule has 2 aromatic rings. The summed E-state index contributed by atoms with van der Waals surface area (Å²) in [6.45, 7) is 0.696.